The zero-order valence-corrected chi connectivity index (χ0v) is 6.60. The largest absolute Gasteiger partial charge is 0.450 e. The van der Waals surface area contributed by atoms with Crippen LogP contribution >= 0.6 is 11.6 Å². The summed E-state index contributed by atoms with van der Waals surface area (Å²) < 4.78 is 10.1. The van der Waals surface area contributed by atoms with Crippen LogP contribution in [-0.4, -0.2) is 17.5 Å². The third-order valence-corrected chi connectivity index (χ3v) is 1.36. The molecule has 58 valence electrons. The Morgan fingerprint density at radius 3 is 2.30 bits per heavy atom. The van der Waals surface area contributed by atoms with Crippen LogP contribution < -0.4 is 0 Å². The molecule has 0 amide bonds. The van der Waals surface area contributed by atoms with Crippen molar-refractivity contribution in [3.8, 4) is 0 Å². The van der Waals surface area contributed by atoms with E-state index in [1.165, 1.54) is 0 Å². The maximum atomic E-state index is 8.62. The monoisotopic (exact) mass is 164 g/mol. The predicted molar refractivity (Wildman–Crippen MR) is 36.2 cm³/mol. The van der Waals surface area contributed by atoms with Crippen molar-refractivity contribution in [1.29, 1.82) is 0 Å². The third-order valence-electron chi connectivity index (χ3n) is 1.07. The molecule has 1 aliphatic heterocycles. The van der Waals surface area contributed by atoms with E-state index in [2.05, 4.69) is 0 Å². The molecule has 0 saturated carbocycles. The number of hydrogen-bond acceptors (Lipinski definition) is 3. The maximum absolute atomic E-state index is 8.62. The molecule has 1 aliphatic rings. The van der Waals surface area contributed by atoms with Gasteiger partial charge in [0.25, 0.3) is 0 Å². The van der Waals surface area contributed by atoms with Crippen LogP contribution in [0.15, 0.2) is 11.0 Å². The summed E-state index contributed by atoms with van der Waals surface area (Å²) in [5.74, 6) is -0.429. The van der Waals surface area contributed by atoms with Gasteiger partial charge >= 0.3 is 0 Å². The lowest BCUT2D eigenvalue weighted by Gasteiger charge is -2.17. The quantitative estimate of drug-likeness (QED) is 0.633. The molecule has 1 heterocycles. The van der Waals surface area contributed by atoms with Gasteiger partial charge < -0.3 is 14.6 Å². The Balaban J connectivity index is 2.68. The molecule has 0 aliphatic carbocycles. The van der Waals surface area contributed by atoms with E-state index in [1.807, 2.05) is 0 Å². The van der Waals surface area contributed by atoms with Crippen LogP contribution in [-0.2, 0) is 9.47 Å². The molecule has 0 unspecified atom stereocenters. The van der Waals surface area contributed by atoms with E-state index in [4.69, 9.17) is 26.2 Å². The van der Waals surface area contributed by atoms with Crippen LogP contribution in [0.1, 0.15) is 13.8 Å². The highest BCUT2D eigenvalue weighted by atomic mass is 35.5. The Hall–Kier alpha value is -0.410. The molecule has 0 spiro atoms. The molecule has 1 rings (SSSR count). The summed E-state index contributed by atoms with van der Waals surface area (Å²) >= 11 is 5.54. The van der Waals surface area contributed by atoms with Crippen molar-refractivity contribution in [2.75, 3.05) is 6.61 Å². The van der Waals surface area contributed by atoms with Crippen LogP contribution in [0.5, 0.6) is 0 Å². The van der Waals surface area contributed by atoms with Crippen molar-refractivity contribution >= 4 is 11.6 Å². The van der Waals surface area contributed by atoms with E-state index in [0.29, 0.717) is 5.76 Å². The average molecular weight is 165 g/mol. The maximum Gasteiger partial charge on any atom is 0.246 e. The van der Waals surface area contributed by atoms with Gasteiger partial charge in [-0.15, -0.1) is 0 Å². The number of aliphatic hydroxyl groups is 1. The second kappa shape index (κ2) is 2.32. The fourth-order valence-corrected chi connectivity index (χ4v) is 1.01. The Labute approximate surface area is 64.2 Å². The molecule has 0 aromatic heterocycles. The van der Waals surface area contributed by atoms with Crippen LogP contribution in [0.25, 0.3) is 0 Å². The molecular weight excluding hydrogens is 156 g/mol. The van der Waals surface area contributed by atoms with Crippen LogP contribution in [0.4, 0.5) is 0 Å². The zero-order valence-electron chi connectivity index (χ0n) is 5.85. The number of hydrogen-bond donors (Lipinski definition) is 1. The van der Waals surface area contributed by atoms with Crippen LogP contribution in [0, 0.1) is 0 Å². The summed E-state index contributed by atoms with van der Waals surface area (Å²) in [6.45, 7) is 3.22. The van der Waals surface area contributed by atoms with Gasteiger partial charge in [-0.1, -0.05) is 0 Å². The van der Waals surface area contributed by atoms with Crippen molar-refractivity contribution in [2.24, 2.45) is 0 Å². The van der Waals surface area contributed by atoms with Crippen LogP contribution in [0.3, 0.4) is 0 Å². The molecule has 0 aromatic carbocycles. The second-order valence-electron chi connectivity index (χ2n) is 2.46. The molecule has 1 N–H and O–H groups in total. The van der Waals surface area contributed by atoms with Crippen molar-refractivity contribution in [1.82, 2.24) is 0 Å². The summed E-state index contributed by atoms with van der Waals surface area (Å²) in [5.41, 5.74) is 0. The number of halogens is 1. The van der Waals surface area contributed by atoms with Crippen LogP contribution in [0.2, 0.25) is 0 Å². The van der Waals surface area contributed by atoms with E-state index in [0.717, 1.165) is 0 Å². The smallest absolute Gasteiger partial charge is 0.246 e. The first-order valence-electron chi connectivity index (χ1n) is 2.93. The Bertz CT molecular complexity index is 174. The van der Waals surface area contributed by atoms with Gasteiger partial charge in [0.1, 0.15) is 6.61 Å². The highest BCUT2D eigenvalue weighted by Gasteiger charge is 2.32. The SMILES string of the molecule is CC1(C)OC(Cl)=C(CO)O1. The lowest BCUT2D eigenvalue weighted by molar-refractivity contribution is -0.122. The molecule has 0 saturated heterocycles. The summed E-state index contributed by atoms with van der Waals surface area (Å²) in [7, 11) is 0. The summed E-state index contributed by atoms with van der Waals surface area (Å²) in [6.07, 6.45) is 0. The molecule has 3 nitrogen and oxygen atoms in total. The zero-order chi connectivity index (χ0) is 7.78. The predicted octanol–water partition coefficient (Wildman–Crippen LogP) is 1.17. The summed E-state index contributed by atoms with van der Waals surface area (Å²) in [5, 5.41) is 8.77. The fourth-order valence-electron chi connectivity index (χ4n) is 0.725. The van der Waals surface area contributed by atoms with Gasteiger partial charge in [0.2, 0.25) is 11.0 Å². The fraction of sp³-hybridized carbons (Fsp3) is 0.667. The molecule has 0 atom stereocenters. The second-order valence-corrected chi connectivity index (χ2v) is 2.80. The van der Waals surface area contributed by atoms with Crippen molar-refractivity contribution in [3.05, 3.63) is 11.0 Å². The minimum atomic E-state index is -0.727. The summed E-state index contributed by atoms with van der Waals surface area (Å²) in [6, 6.07) is 0. The van der Waals surface area contributed by atoms with Gasteiger partial charge in [-0.25, -0.2) is 0 Å². The Morgan fingerprint density at radius 2 is 2.10 bits per heavy atom. The van der Waals surface area contributed by atoms with Crippen molar-refractivity contribution < 1.29 is 14.6 Å². The highest BCUT2D eigenvalue weighted by Crippen LogP contribution is 2.31. The minimum Gasteiger partial charge on any atom is -0.450 e. The van der Waals surface area contributed by atoms with E-state index in [1.54, 1.807) is 13.8 Å². The normalized spacial score (nSPS) is 22.4. The van der Waals surface area contributed by atoms with Gasteiger partial charge in [0.05, 0.1) is 0 Å². The number of rotatable bonds is 1. The van der Waals surface area contributed by atoms with Gasteiger partial charge in [0, 0.05) is 13.8 Å². The van der Waals surface area contributed by atoms with Gasteiger partial charge in [-0.05, 0) is 11.6 Å². The Kier molecular flexibility index (Phi) is 1.79. The number of aliphatic hydroxyl groups excluding tert-OH is 1. The van der Waals surface area contributed by atoms with Crippen molar-refractivity contribution in [3.63, 3.8) is 0 Å². The highest BCUT2D eigenvalue weighted by molar-refractivity contribution is 6.28. The van der Waals surface area contributed by atoms with E-state index in [-0.39, 0.29) is 11.8 Å². The molecule has 0 radical (unpaired) electrons. The minimum absolute atomic E-state index is 0.146. The Morgan fingerprint density at radius 1 is 1.50 bits per heavy atom. The lowest BCUT2D eigenvalue weighted by Crippen LogP contribution is -2.20. The molecule has 10 heavy (non-hydrogen) atoms. The lowest BCUT2D eigenvalue weighted by atomic mass is 10.4. The molecule has 4 heteroatoms. The van der Waals surface area contributed by atoms with Gasteiger partial charge in [-0.2, -0.15) is 0 Å². The van der Waals surface area contributed by atoms with E-state index < -0.39 is 5.79 Å². The first-order chi connectivity index (χ1) is 4.55. The average Bonchev–Trinajstić information content (AvgIpc) is 2.05. The third kappa shape index (κ3) is 1.36. The molecule has 0 fully saturated rings. The van der Waals surface area contributed by atoms with E-state index >= 15 is 0 Å². The molecular formula is C6H9ClO3. The first kappa shape index (κ1) is 7.69. The van der Waals surface area contributed by atoms with Gasteiger partial charge in [-0.3, -0.25) is 0 Å². The first-order valence-corrected chi connectivity index (χ1v) is 3.30. The standard InChI is InChI=1S/C6H9ClO3/c1-6(2)9-4(3-8)5(7)10-6/h8H,3H2,1-2H3. The summed E-state index contributed by atoms with van der Waals surface area (Å²) in [4.78, 5) is 0. The molecule has 0 aromatic rings. The topological polar surface area (TPSA) is 38.7 Å². The number of ether oxygens (including phenoxy) is 2. The van der Waals surface area contributed by atoms with Gasteiger partial charge in [0.15, 0.2) is 5.76 Å². The molecule has 0 bridgehead atoms. The van der Waals surface area contributed by atoms with E-state index in [9.17, 15) is 0 Å². The van der Waals surface area contributed by atoms with Crippen molar-refractivity contribution in [2.45, 2.75) is 19.6 Å².